The van der Waals surface area contributed by atoms with Crippen LogP contribution < -0.4 is 18.9 Å². The molecule has 1 aliphatic rings. The number of phenols is 1. The van der Waals surface area contributed by atoms with Gasteiger partial charge in [-0.05, 0) is 67.2 Å². The number of hydrogen-bond donors (Lipinski definition) is 1. The molecular weight excluding hydrogens is 344 g/mol. The van der Waals surface area contributed by atoms with Crippen molar-refractivity contribution in [2.45, 2.75) is 26.2 Å². The fourth-order valence-corrected chi connectivity index (χ4v) is 3.35. The first-order chi connectivity index (χ1) is 13.1. The molecule has 0 heterocycles. The van der Waals surface area contributed by atoms with E-state index in [2.05, 4.69) is 0 Å². The summed E-state index contributed by atoms with van der Waals surface area (Å²) >= 11 is 0. The molecule has 5 heteroatoms. The highest BCUT2D eigenvalue weighted by molar-refractivity contribution is 5.85. The van der Waals surface area contributed by atoms with Crippen molar-refractivity contribution in [3.05, 3.63) is 47.0 Å². The van der Waals surface area contributed by atoms with Crippen LogP contribution >= 0.6 is 0 Å². The quantitative estimate of drug-likeness (QED) is 0.758. The Hall–Kier alpha value is -2.82. The van der Waals surface area contributed by atoms with Crippen molar-refractivity contribution in [1.29, 1.82) is 0 Å². The molecule has 0 atom stereocenters. The Kier molecular flexibility index (Phi) is 5.79. The maximum Gasteiger partial charge on any atom is 0.203 e. The van der Waals surface area contributed by atoms with Gasteiger partial charge in [0.05, 0.1) is 27.9 Å². The van der Waals surface area contributed by atoms with E-state index < -0.39 is 0 Å². The molecule has 2 aromatic carbocycles. The maximum atomic E-state index is 10.4. The van der Waals surface area contributed by atoms with Crippen molar-refractivity contribution in [2.75, 3.05) is 27.9 Å². The van der Waals surface area contributed by atoms with E-state index in [1.165, 1.54) is 12.0 Å². The third kappa shape index (κ3) is 3.68. The average molecular weight is 370 g/mol. The molecule has 1 aliphatic carbocycles. The second-order valence-corrected chi connectivity index (χ2v) is 6.36. The first-order valence-electron chi connectivity index (χ1n) is 9.11. The molecule has 0 bridgehead atoms. The molecule has 0 radical (unpaired) electrons. The highest BCUT2D eigenvalue weighted by Gasteiger charge is 2.22. The van der Waals surface area contributed by atoms with Crippen LogP contribution in [-0.2, 0) is 0 Å². The summed E-state index contributed by atoms with van der Waals surface area (Å²) in [6.45, 7) is 2.40. The molecule has 0 aromatic heterocycles. The predicted molar refractivity (Wildman–Crippen MR) is 105 cm³/mol. The molecule has 0 amide bonds. The first kappa shape index (κ1) is 19.0. The highest BCUT2D eigenvalue weighted by Crippen LogP contribution is 2.45. The summed E-state index contributed by atoms with van der Waals surface area (Å²) in [5, 5.41) is 10.4. The molecule has 1 fully saturated rings. The van der Waals surface area contributed by atoms with Crippen LogP contribution in [0.4, 0.5) is 0 Å². The van der Waals surface area contributed by atoms with Gasteiger partial charge < -0.3 is 24.1 Å². The molecule has 2 aromatic rings. The molecule has 5 nitrogen and oxygen atoms in total. The van der Waals surface area contributed by atoms with E-state index in [1.54, 1.807) is 27.4 Å². The minimum absolute atomic E-state index is 0.138. The molecule has 0 aliphatic heterocycles. The summed E-state index contributed by atoms with van der Waals surface area (Å²) in [7, 11) is 4.82. The van der Waals surface area contributed by atoms with Crippen LogP contribution in [-0.4, -0.2) is 33.0 Å². The maximum absolute atomic E-state index is 10.4. The Morgan fingerprint density at radius 3 is 2.00 bits per heavy atom. The van der Waals surface area contributed by atoms with Crippen molar-refractivity contribution >= 4 is 5.57 Å². The van der Waals surface area contributed by atoms with Crippen molar-refractivity contribution < 1.29 is 24.1 Å². The van der Waals surface area contributed by atoms with Crippen LogP contribution in [0.15, 0.2) is 35.9 Å². The zero-order valence-corrected chi connectivity index (χ0v) is 16.3. The third-order valence-electron chi connectivity index (χ3n) is 4.81. The van der Waals surface area contributed by atoms with Crippen LogP contribution in [0.2, 0.25) is 0 Å². The number of aromatic hydroxyl groups is 1. The van der Waals surface area contributed by atoms with E-state index in [4.69, 9.17) is 18.9 Å². The topological polar surface area (TPSA) is 57.2 Å². The Bertz CT molecular complexity index is 823. The molecule has 27 heavy (non-hydrogen) atoms. The Labute approximate surface area is 160 Å². The van der Waals surface area contributed by atoms with Crippen LogP contribution in [0.3, 0.4) is 0 Å². The van der Waals surface area contributed by atoms with E-state index >= 15 is 0 Å². The zero-order valence-electron chi connectivity index (χ0n) is 16.3. The van der Waals surface area contributed by atoms with Crippen molar-refractivity contribution in [3.63, 3.8) is 0 Å². The van der Waals surface area contributed by atoms with E-state index in [1.807, 2.05) is 31.2 Å². The lowest BCUT2D eigenvalue weighted by molar-refractivity contribution is 0.318. The van der Waals surface area contributed by atoms with Crippen molar-refractivity contribution in [1.82, 2.24) is 0 Å². The molecule has 0 saturated heterocycles. The van der Waals surface area contributed by atoms with Gasteiger partial charge in [0.25, 0.3) is 0 Å². The van der Waals surface area contributed by atoms with Gasteiger partial charge in [-0.2, -0.15) is 0 Å². The van der Waals surface area contributed by atoms with Gasteiger partial charge in [0.1, 0.15) is 0 Å². The van der Waals surface area contributed by atoms with Gasteiger partial charge in [0, 0.05) is 0 Å². The number of rotatable bonds is 7. The van der Waals surface area contributed by atoms with E-state index in [9.17, 15) is 5.11 Å². The Balaban J connectivity index is 2.14. The minimum atomic E-state index is 0.138. The van der Waals surface area contributed by atoms with Crippen LogP contribution in [0.1, 0.15) is 37.3 Å². The first-order valence-corrected chi connectivity index (χ1v) is 9.11. The van der Waals surface area contributed by atoms with Crippen molar-refractivity contribution in [3.8, 4) is 28.7 Å². The van der Waals surface area contributed by atoms with Gasteiger partial charge >= 0.3 is 0 Å². The monoisotopic (exact) mass is 370 g/mol. The molecule has 144 valence electrons. The number of phenolic OH excluding ortho intramolecular Hbond substituents is 1. The lowest BCUT2D eigenvalue weighted by Gasteiger charge is -2.24. The van der Waals surface area contributed by atoms with Crippen LogP contribution in [0, 0.1) is 0 Å². The van der Waals surface area contributed by atoms with Crippen molar-refractivity contribution in [2.24, 2.45) is 0 Å². The summed E-state index contributed by atoms with van der Waals surface area (Å²) < 4.78 is 21.9. The van der Waals surface area contributed by atoms with Gasteiger partial charge in [-0.15, -0.1) is 0 Å². The second kappa shape index (κ2) is 8.25. The van der Waals surface area contributed by atoms with E-state index in [0.29, 0.717) is 29.6 Å². The normalized spacial score (nSPS) is 13.0. The highest BCUT2D eigenvalue weighted by atomic mass is 16.5. The summed E-state index contributed by atoms with van der Waals surface area (Å²) in [5.74, 6) is 2.42. The number of methoxy groups -OCH3 is 3. The lowest BCUT2D eigenvalue weighted by atomic mass is 9.82. The molecule has 1 N–H and O–H groups in total. The Morgan fingerprint density at radius 2 is 1.56 bits per heavy atom. The van der Waals surface area contributed by atoms with Gasteiger partial charge in [-0.3, -0.25) is 0 Å². The fraction of sp³-hybridized carbons (Fsp3) is 0.364. The number of allylic oxidation sites excluding steroid dienone is 1. The number of ether oxygens (including phenoxy) is 4. The minimum Gasteiger partial charge on any atom is -0.504 e. The fourth-order valence-electron chi connectivity index (χ4n) is 3.35. The molecule has 3 rings (SSSR count). The largest absolute Gasteiger partial charge is 0.504 e. The summed E-state index contributed by atoms with van der Waals surface area (Å²) in [4.78, 5) is 0. The standard InChI is InChI=1S/C22H26O5/c1-5-27-18-10-9-15(11-17(18)23)21(14-7-6-8-14)16-12-19(24-2)22(26-4)20(13-16)25-3/h9-13,23H,5-8H2,1-4H3. The van der Waals surface area contributed by atoms with Crippen LogP contribution in [0.5, 0.6) is 28.7 Å². The number of hydrogen-bond acceptors (Lipinski definition) is 5. The summed E-state index contributed by atoms with van der Waals surface area (Å²) in [5.41, 5.74) is 4.37. The Morgan fingerprint density at radius 1 is 0.889 bits per heavy atom. The molecule has 0 spiro atoms. The smallest absolute Gasteiger partial charge is 0.203 e. The molecular formula is C22H26O5. The predicted octanol–water partition coefficient (Wildman–Crippen LogP) is 4.80. The van der Waals surface area contributed by atoms with Gasteiger partial charge in [0.15, 0.2) is 23.0 Å². The average Bonchev–Trinajstić information content (AvgIpc) is 2.65. The molecule has 0 unspecified atom stereocenters. The SMILES string of the molecule is CCOc1ccc(C(=C2CCC2)c2cc(OC)c(OC)c(OC)c2)cc1O. The zero-order chi connectivity index (χ0) is 19.4. The van der Waals surface area contributed by atoms with Gasteiger partial charge in [0.2, 0.25) is 5.75 Å². The van der Waals surface area contributed by atoms with E-state index in [-0.39, 0.29) is 5.75 Å². The molecule has 1 saturated carbocycles. The van der Waals surface area contributed by atoms with Crippen LogP contribution in [0.25, 0.3) is 5.57 Å². The summed E-state index contributed by atoms with van der Waals surface area (Å²) in [6, 6.07) is 9.46. The van der Waals surface area contributed by atoms with Gasteiger partial charge in [-0.1, -0.05) is 11.6 Å². The second-order valence-electron chi connectivity index (χ2n) is 6.36. The lowest BCUT2D eigenvalue weighted by Crippen LogP contribution is -2.04. The van der Waals surface area contributed by atoms with Gasteiger partial charge in [-0.25, -0.2) is 0 Å². The third-order valence-corrected chi connectivity index (χ3v) is 4.81. The number of benzene rings is 2. The summed E-state index contributed by atoms with van der Waals surface area (Å²) in [6.07, 6.45) is 3.26. The van der Waals surface area contributed by atoms with E-state index in [0.717, 1.165) is 29.5 Å².